The molecular weight excluding hydrogens is 413 g/mol. The average molecular weight is 430 g/mol. The molecule has 3 rings (SSSR count). The van der Waals surface area contributed by atoms with Crippen LogP contribution in [0.5, 0.6) is 0 Å². The fraction of sp³-hybridized carbons (Fsp3) is 0.100. The predicted molar refractivity (Wildman–Crippen MR) is 114 cm³/mol. The zero-order chi connectivity index (χ0) is 21.0. The molecule has 1 aromatic heterocycles. The number of benzene rings is 2. The number of nitrogens with one attached hydrogen (secondary N) is 2. The quantitative estimate of drug-likeness (QED) is 0.623. The number of amides is 2. The SMILES string of the molecule is CN(C)C(=O)c1ccc(Nc2nccc(NC(=O)c3c(Cl)cccc3Cl)n2)cc1. The number of halogens is 2. The number of nitrogens with zero attached hydrogens (tertiary/aromatic N) is 3. The van der Waals surface area contributed by atoms with E-state index in [1.54, 1.807) is 62.6 Å². The molecule has 0 aliphatic rings. The highest BCUT2D eigenvalue weighted by Crippen LogP contribution is 2.25. The van der Waals surface area contributed by atoms with Gasteiger partial charge in [0.05, 0.1) is 15.6 Å². The monoisotopic (exact) mass is 429 g/mol. The maximum absolute atomic E-state index is 12.5. The number of hydrogen-bond donors (Lipinski definition) is 2. The first-order valence-corrected chi connectivity index (χ1v) is 9.28. The van der Waals surface area contributed by atoms with Gasteiger partial charge in [-0.2, -0.15) is 4.98 Å². The van der Waals surface area contributed by atoms with Crippen LogP contribution in [0, 0.1) is 0 Å². The third-order valence-corrected chi connectivity index (χ3v) is 4.51. The molecule has 2 aromatic carbocycles. The number of carbonyl (C=O) groups excluding carboxylic acids is 2. The first-order valence-electron chi connectivity index (χ1n) is 8.52. The molecule has 0 unspecified atom stereocenters. The molecule has 0 saturated carbocycles. The van der Waals surface area contributed by atoms with Crippen molar-refractivity contribution in [2.75, 3.05) is 24.7 Å². The van der Waals surface area contributed by atoms with Crippen molar-refractivity contribution in [2.24, 2.45) is 0 Å². The van der Waals surface area contributed by atoms with Crippen molar-refractivity contribution in [1.29, 1.82) is 0 Å². The van der Waals surface area contributed by atoms with Gasteiger partial charge in [0.15, 0.2) is 0 Å². The third kappa shape index (κ3) is 5.01. The number of hydrogen-bond acceptors (Lipinski definition) is 5. The van der Waals surface area contributed by atoms with Gasteiger partial charge in [-0.15, -0.1) is 0 Å². The molecule has 0 aliphatic heterocycles. The number of carbonyl (C=O) groups is 2. The molecule has 2 N–H and O–H groups in total. The summed E-state index contributed by atoms with van der Waals surface area (Å²) in [6, 6.07) is 13.3. The summed E-state index contributed by atoms with van der Waals surface area (Å²) in [6.07, 6.45) is 1.50. The molecule has 0 saturated heterocycles. The molecule has 0 aliphatic carbocycles. The molecule has 29 heavy (non-hydrogen) atoms. The Morgan fingerprint density at radius 1 is 0.966 bits per heavy atom. The Morgan fingerprint density at radius 3 is 2.24 bits per heavy atom. The Bertz CT molecular complexity index is 1030. The average Bonchev–Trinajstić information content (AvgIpc) is 2.68. The van der Waals surface area contributed by atoms with E-state index in [0.717, 1.165) is 0 Å². The summed E-state index contributed by atoms with van der Waals surface area (Å²) >= 11 is 12.1. The molecular formula is C20H17Cl2N5O2. The van der Waals surface area contributed by atoms with Crippen LogP contribution in [0.25, 0.3) is 0 Å². The minimum atomic E-state index is -0.475. The Hall–Kier alpha value is -3.16. The highest BCUT2D eigenvalue weighted by molar-refractivity contribution is 6.40. The third-order valence-electron chi connectivity index (χ3n) is 3.88. The molecule has 9 heteroatoms. The summed E-state index contributed by atoms with van der Waals surface area (Å²) in [5, 5.41) is 6.17. The fourth-order valence-electron chi connectivity index (χ4n) is 2.47. The van der Waals surface area contributed by atoms with Gasteiger partial charge in [0.25, 0.3) is 11.8 Å². The summed E-state index contributed by atoms with van der Waals surface area (Å²) < 4.78 is 0. The Balaban J connectivity index is 1.73. The van der Waals surface area contributed by atoms with E-state index >= 15 is 0 Å². The summed E-state index contributed by atoms with van der Waals surface area (Å²) in [4.78, 5) is 34.3. The molecule has 0 atom stereocenters. The van der Waals surface area contributed by atoms with Crippen molar-refractivity contribution in [3.63, 3.8) is 0 Å². The zero-order valence-electron chi connectivity index (χ0n) is 15.6. The normalized spacial score (nSPS) is 10.3. The van der Waals surface area contributed by atoms with Gasteiger partial charge < -0.3 is 15.5 Å². The smallest absolute Gasteiger partial charge is 0.259 e. The minimum Gasteiger partial charge on any atom is -0.345 e. The molecule has 0 bridgehead atoms. The number of aromatic nitrogens is 2. The lowest BCUT2D eigenvalue weighted by atomic mass is 10.2. The van der Waals surface area contributed by atoms with Crippen molar-refractivity contribution in [1.82, 2.24) is 14.9 Å². The molecule has 2 amide bonds. The Morgan fingerprint density at radius 2 is 1.62 bits per heavy atom. The van der Waals surface area contributed by atoms with Crippen molar-refractivity contribution >= 4 is 52.5 Å². The standard InChI is InChI=1S/C20H17Cl2N5O2/c1-27(2)19(29)12-6-8-13(9-7-12)24-20-23-11-10-16(26-20)25-18(28)17-14(21)4-3-5-15(17)22/h3-11H,1-2H3,(H2,23,24,25,26,28). The van der Waals surface area contributed by atoms with Crippen LogP contribution in [0.15, 0.2) is 54.7 Å². The number of rotatable bonds is 5. The molecule has 1 heterocycles. The van der Waals surface area contributed by atoms with E-state index in [2.05, 4.69) is 20.6 Å². The largest absolute Gasteiger partial charge is 0.345 e. The first-order chi connectivity index (χ1) is 13.8. The van der Waals surface area contributed by atoms with Crippen molar-refractivity contribution in [2.45, 2.75) is 0 Å². The van der Waals surface area contributed by atoms with Crippen molar-refractivity contribution in [3.05, 3.63) is 75.9 Å². The van der Waals surface area contributed by atoms with Crippen LogP contribution in [0.1, 0.15) is 20.7 Å². The topological polar surface area (TPSA) is 87.2 Å². The molecule has 0 radical (unpaired) electrons. The van der Waals surface area contributed by atoms with Crippen LogP contribution < -0.4 is 10.6 Å². The summed E-state index contributed by atoms with van der Waals surface area (Å²) in [5.74, 6) is -0.00446. The van der Waals surface area contributed by atoms with Gasteiger partial charge in [0, 0.05) is 31.5 Å². The van der Waals surface area contributed by atoms with Gasteiger partial charge in [-0.25, -0.2) is 4.98 Å². The molecule has 3 aromatic rings. The maximum Gasteiger partial charge on any atom is 0.259 e. The Labute approximate surface area is 177 Å². The van der Waals surface area contributed by atoms with Gasteiger partial charge in [-0.3, -0.25) is 9.59 Å². The van der Waals surface area contributed by atoms with E-state index in [1.807, 2.05) is 0 Å². The van der Waals surface area contributed by atoms with Gasteiger partial charge in [0.2, 0.25) is 5.95 Å². The highest BCUT2D eigenvalue weighted by atomic mass is 35.5. The lowest BCUT2D eigenvalue weighted by Gasteiger charge is -2.11. The maximum atomic E-state index is 12.5. The van der Waals surface area contributed by atoms with Crippen molar-refractivity contribution < 1.29 is 9.59 Å². The highest BCUT2D eigenvalue weighted by Gasteiger charge is 2.15. The van der Waals surface area contributed by atoms with Crippen LogP contribution in [0.2, 0.25) is 10.0 Å². The van der Waals surface area contributed by atoms with Crippen LogP contribution >= 0.6 is 23.2 Å². The van der Waals surface area contributed by atoms with E-state index in [0.29, 0.717) is 11.3 Å². The van der Waals surface area contributed by atoms with Crippen LogP contribution in [0.4, 0.5) is 17.5 Å². The van der Waals surface area contributed by atoms with E-state index < -0.39 is 5.91 Å². The van der Waals surface area contributed by atoms with Gasteiger partial charge >= 0.3 is 0 Å². The molecule has 0 fully saturated rings. The minimum absolute atomic E-state index is 0.0873. The second kappa shape index (κ2) is 8.89. The van der Waals surface area contributed by atoms with Crippen LogP contribution in [-0.2, 0) is 0 Å². The predicted octanol–water partition coefficient (Wildman–Crippen LogP) is 4.48. The van der Waals surface area contributed by atoms with Crippen LogP contribution in [-0.4, -0.2) is 40.8 Å². The lowest BCUT2D eigenvalue weighted by molar-refractivity contribution is 0.0827. The van der Waals surface area contributed by atoms with Gasteiger partial charge in [-0.1, -0.05) is 29.3 Å². The van der Waals surface area contributed by atoms with Gasteiger partial charge in [0.1, 0.15) is 5.82 Å². The van der Waals surface area contributed by atoms with E-state index in [-0.39, 0.29) is 33.3 Å². The van der Waals surface area contributed by atoms with Crippen molar-refractivity contribution in [3.8, 4) is 0 Å². The molecule has 0 spiro atoms. The van der Waals surface area contributed by atoms with E-state index in [9.17, 15) is 9.59 Å². The molecule has 148 valence electrons. The summed E-state index contributed by atoms with van der Waals surface area (Å²) in [7, 11) is 3.38. The van der Waals surface area contributed by atoms with Gasteiger partial charge in [-0.05, 0) is 42.5 Å². The Kier molecular flexibility index (Phi) is 6.31. The lowest BCUT2D eigenvalue weighted by Crippen LogP contribution is -2.21. The number of anilines is 3. The second-order valence-electron chi connectivity index (χ2n) is 6.22. The van der Waals surface area contributed by atoms with E-state index in [1.165, 1.54) is 11.1 Å². The van der Waals surface area contributed by atoms with E-state index in [4.69, 9.17) is 23.2 Å². The summed E-state index contributed by atoms with van der Waals surface area (Å²) in [6.45, 7) is 0. The van der Waals surface area contributed by atoms with Crippen LogP contribution in [0.3, 0.4) is 0 Å². The molecule has 7 nitrogen and oxygen atoms in total. The summed E-state index contributed by atoms with van der Waals surface area (Å²) in [5.41, 5.74) is 1.43. The fourth-order valence-corrected chi connectivity index (χ4v) is 3.03. The first kappa shape index (κ1) is 20.6. The second-order valence-corrected chi connectivity index (χ2v) is 7.03. The zero-order valence-corrected chi connectivity index (χ0v) is 17.1.